The van der Waals surface area contributed by atoms with Crippen LogP contribution in [0.25, 0.3) is 10.4 Å². The average molecular weight is 352 g/mol. The Kier molecular flexibility index (Phi) is 3.90. The van der Waals surface area contributed by atoms with E-state index in [2.05, 4.69) is 24.8 Å². The second-order valence-electron chi connectivity index (χ2n) is 6.19. The molecular weight excluding hydrogens is 334 g/mol. The minimum atomic E-state index is -4.22. The largest absolute Gasteiger partial charge is 0.748 e. The Morgan fingerprint density at radius 1 is 1.30 bits per heavy atom. The summed E-state index contributed by atoms with van der Waals surface area (Å²) in [6, 6.07) is 7.31. The number of phenolic OH excluding ortho intramolecular Hbond substituents is 1. The van der Waals surface area contributed by atoms with Crippen molar-refractivity contribution in [2.75, 3.05) is 17.2 Å². The number of nitrogens with zero attached hydrogens (tertiary/aromatic N) is 1. The number of anilines is 1. The van der Waals surface area contributed by atoms with Crippen molar-refractivity contribution >= 4 is 27.1 Å². The standard InChI is InChI=1S/C16H19NO4S2/c1-16(2)13-6-8-22-15(13)12-5-4-11(18)10-14(12)17(16)7-3-9-23(19,20)21/h4-6,8,10,18H,3,7,9H2,1-2H3,(H,19,20,21)/p-1. The number of fused-ring (bicyclic) bond motifs is 3. The molecule has 0 unspecified atom stereocenters. The van der Waals surface area contributed by atoms with Crippen LogP contribution in [0.2, 0.25) is 0 Å². The molecule has 0 saturated carbocycles. The molecule has 0 spiro atoms. The highest BCUT2D eigenvalue weighted by Crippen LogP contribution is 2.50. The van der Waals surface area contributed by atoms with E-state index >= 15 is 0 Å². The molecule has 1 aliphatic rings. The first-order valence-corrected chi connectivity index (χ1v) is 9.78. The monoisotopic (exact) mass is 352 g/mol. The quantitative estimate of drug-likeness (QED) is 0.855. The lowest BCUT2D eigenvalue weighted by Crippen LogP contribution is -2.45. The number of rotatable bonds is 4. The van der Waals surface area contributed by atoms with Gasteiger partial charge in [0.2, 0.25) is 0 Å². The summed E-state index contributed by atoms with van der Waals surface area (Å²) in [6.07, 6.45) is 0.254. The lowest BCUT2D eigenvalue weighted by Gasteiger charge is -2.45. The molecule has 0 amide bonds. The summed E-state index contributed by atoms with van der Waals surface area (Å²) in [7, 11) is -4.22. The number of hydrogen-bond donors (Lipinski definition) is 1. The molecule has 1 aliphatic heterocycles. The molecule has 0 radical (unpaired) electrons. The van der Waals surface area contributed by atoms with Crippen molar-refractivity contribution < 1.29 is 18.1 Å². The van der Waals surface area contributed by atoms with Crippen molar-refractivity contribution in [3.8, 4) is 16.2 Å². The van der Waals surface area contributed by atoms with Gasteiger partial charge in [-0.2, -0.15) is 0 Å². The maximum Gasteiger partial charge on any atom is 0.117 e. The molecule has 1 aromatic heterocycles. The van der Waals surface area contributed by atoms with Crippen LogP contribution in [0.4, 0.5) is 5.69 Å². The highest BCUT2D eigenvalue weighted by molar-refractivity contribution is 7.85. The van der Waals surface area contributed by atoms with Crippen LogP contribution in [0.5, 0.6) is 5.75 Å². The summed E-state index contributed by atoms with van der Waals surface area (Å²) in [5.74, 6) is -0.217. The lowest BCUT2D eigenvalue weighted by molar-refractivity contribution is 0.450. The number of phenols is 1. The van der Waals surface area contributed by atoms with E-state index in [4.69, 9.17) is 0 Å². The summed E-state index contributed by atoms with van der Waals surface area (Å²) >= 11 is 1.65. The van der Waals surface area contributed by atoms with Gasteiger partial charge in [-0.3, -0.25) is 0 Å². The summed E-state index contributed by atoms with van der Waals surface area (Å²) in [5, 5.41) is 11.9. The van der Waals surface area contributed by atoms with Gasteiger partial charge in [0.05, 0.1) is 15.7 Å². The predicted octanol–water partition coefficient (Wildman–Crippen LogP) is 3.11. The van der Waals surface area contributed by atoms with Crippen molar-refractivity contribution in [1.82, 2.24) is 0 Å². The van der Waals surface area contributed by atoms with E-state index < -0.39 is 10.1 Å². The molecule has 0 fully saturated rings. The zero-order chi connectivity index (χ0) is 16.8. The molecule has 124 valence electrons. The van der Waals surface area contributed by atoms with Crippen LogP contribution in [0.15, 0.2) is 29.6 Å². The van der Waals surface area contributed by atoms with Crippen LogP contribution in [-0.4, -0.2) is 30.4 Å². The fraction of sp³-hybridized carbons (Fsp3) is 0.375. The Bertz CT molecular complexity index is 840. The normalized spacial score (nSPS) is 16.0. The van der Waals surface area contributed by atoms with E-state index in [1.807, 2.05) is 11.4 Å². The van der Waals surface area contributed by atoms with Crippen molar-refractivity contribution in [2.24, 2.45) is 0 Å². The number of thiophene rings is 1. The predicted molar refractivity (Wildman–Crippen MR) is 91.0 cm³/mol. The van der Waals surface area contributed by atoms with Gasteiger partial charge in [0.15, 0.2) is 0 Å². The molecule has 1 N–H and O–H groups in total. The molecule has 7 heteroatoms. The smallest absolute Gasteiger partial charge is 0.117 e. The second-order valence-corrected chi connectivity index (χ2v) is 8.63. The SMILES string of the molecule is CC1(C)c2ccsc2-c2ccc(O)cc2N1CCCS(=O)(=O)[O-]. The van der Waals surface area contributed by atoms with E-state index in [-0.39, 0.29) is 23.5 Å². The van der Waals surface area contributed by atoms with E-state index in [1.165, 1.54) is 5.56 Å². The van der Waals surface area contributed by atoms with Crippen molar-refractivity contribution in [3.63, 3.8) is 0 Å². The van der Waals surface area contributed by atoms with Gasteiger partial charge in [0.25, 0.3) is 0 Å². The second kappa shape index (κ2) is 5.51. The van der Waals surface area contributed by atoms with Crippen LogP contribution in [0.3, 0.4) is 0 Å². The molecule has 5 nitrogen and oxygen atoms in total. The molecular formula is C16H18NO4S2-. The zero-order valence-corrected chi connectivity index (χ0v) is 14.6. The fourth-order valence-electron chi connectivity index (χ4n) is 3.18. The maximum absolute atomic E-state index is 10.9. The van der Waals surface area contributed by atoms with E-state index in [0.29, 0.717) is 6.54 Å². The highest BCUT2D eigenvalue weighted by atomic mass is 32.2. The van der Waals surface area contributed by atoms with Gasteiger partial charge in [-0.1, -0.05) is 0 Å². The van der Waals surface area contributed by atoms with Gasteiger partial charge < -0.3 is 14.6 Å². The third kappa shape index (κ3) is 2.96. The fourth-order valence-corrected chi connectivity index (χ4v) is 4.75. The van der Waals surface area contributed by atoms with E-state index in [0.717, 1.165) is 16.1 Å². The molecule has 2 aromatic rings. The first-order valence-electron chi connectivity index (χ1n) is 7.33. The lowest BCUT2D eigenvalue weighted by atomic mass is 9.85. The minimum Gasteiger partial charge on any atom is -0.748 e. The molecule has 23 heavy (non-hydrogen) atoms. The topological polar surface area (TPSA) is 80.7 Å². The first kappa shape index (κ1) is 16.3. The maximum atomic E-state index is 10.9. The van der Waals surface area contributed by atoms with Gasteiger partial charge in [-0.05, 0) is 49.4 Å². The highest BCUT2D eigenvalue weighted by Gasteiger charge is 2.37. The summed E-state index contributed by atoms with van der Waals surface area (Å²) in [5.41, 5.74) is 2.72. The van der Waals surface area contributed by atoms with Crippen molar-refractivity contribution in [1.29, 1.82) is 0 Å². The van der Waals surface area contributed by atoms with Gasteiger partial charge >= 0.3 is 0 Å². The third-order valence-corrected chi connectivity index (χ3v) is 6.03. The van der Waals surface area contributed by atoms with Crippen LogP contribution in [0, 0.1) is 0 Å². The van der Waals surface area contributed by atoms with Crippen LogP contribution in [0.1, 0.15) is 25.8 Å². The Labute approximate surface area is 139 Å². The van der Waals surface area contributed by atoms with Gasteiger partial charge in [-0.25, -0.2) is 8.42 Å². The summed E-state index contributed by atoms with van der Waals surface area (Å²) in [6.45, 7) is 4.56. The van der Waals surface area contributed by atoms with Gasteiger partial charge in [0, 0.05) is 34.5 Å². The van der Waals surface area contributed by atoms with Crippen LogP contribution in [-0.2, 0) is 15.7 Å². The Hall–Kier alpha value is -1.57. The van der Waals surface area contributed by atoms with Crippen molar-refractivity contribution in [3.05, 3.63) is 35.2 Å². The number of hydrogen-bond acceptors (Lipinski definition) is 6. The summed E-state index contributed by atoms with van der Waals surface area (Å²) in [4.78, 5) is 3.24. The molecule has 3 rings (SSSR count). The molecule has 0 bridgehead atoms. The molecule has 0 atom stereocenters. The Morgan fingerprint density at radius 2 is 2.04 bits per heavy atom. The number of benzene rings is 1. The van der Waals surface area contributed by atoms with E-state index in [9.17, 15) is 18.1 Å². The van der Waals surface area contributed by atoms with Gasteiger partial charge in [0.1, 0.15) is 5.75 Å². The Balaban J connectivity index is 2.03. The molecule has 2 heterocycles. The third-order valence-electron chi connectivity index (χ3n) is 4.29. The Morgan fingerprint density at radius 3 is 2.74 bits per heavy atom. The van der Waals surface area contributed by atoms with Crippen molar-refractivity contribution in [2.45, 2.75) is 25.8 Å². The first-order chi connectivity index (χ1) is 10.7. The minimum absolute atomic E-state index is 0.168. The number of aromatic hydroxyl groups is 1. The summed E-state index contributed by atoms with van der Waals surface area (Å²) < 4.78 is 32.6. The molecule has 1 aromatic carbocycles. The van der Waals surface area contributed by atoms with Crippen LogP contribution >= 0.6 is 11.3 Å². The molecule has 0 aliphatic carbocycles. The molecule has 0 saturated heterocycles. The van der Waals surface area contributed by atoms with Crippen LogP contribution < -0.4 is 4.90 Å². The van der Waals surface area contributed by atoms with Gasteiger partial charge in [-0.15, -0.1) is 11.3 Å². The average Bonchev–Trinajstić information content (AvgIpc) is 2.91. The zero-order valence-electron chi connectivity index (χ0n) is 12.9. The van der Waals surface area contributed by atoms with E-state index in [1.54, 1.807) is 23.5 Å².